The van der Waals surface area contributed by atoms with Gasteiger partial charge in [0.25, 0.3) is 0 Å². The van der Waals surface area contributed by atoms with Crippen molar-refractivity contribution >= 4 is 11.6 Å². The van der Waals surface area contributed by atoms with Gasteiger partial charge < -0.3 is 10.7 Å². The molecule has 16 heavy (non-hydrogen) atoms. The zero-order valence-corrected chi connectivity index (χ0v) is 10.4. The van der Waals surface area contributed by atoms with Gasteiger partial charge in [0.1, 0.15) is 18.0 Å². The van der Waals surface area contributed by atoms with Gasteiger partial charge in [-0.25, -0.2) is 15.8 Å². The molecule has 0 aliphatic heterocycles. The van der Waals surface area contributed by atoms with Crippen LogP contribution >= 0.6 is 0 Å². The van der Waals surface area contributed by atoms with Crippen molar-refractivity contribution in [2.75, 3.05) is 10.7 Å². The molecule has 0 saturated heterocycles. The van der Waals surface area contributed by atoms with E-state index < -0.39 is 0 Å². The Hall–Kier alpha value is -1.36. The number of rotatable bonds is 5. The van der Waals surface area contributed by atoms with Crippen LogP contribution in [0.4, 0.5) is 11.6 Å². The molecule has 1 aromatic rings. The number of hydrazine groups is 1. The summed E-state index contributed by atoms with van der Waals surface area (Å²) in [4.78, 5) is 8.25. The Morgan fingerprint density at radius 3 is 2.44 bits per heavy atom. The molecule has 0 radical (unpaired) electrons. The van der Waals surface area contributed by atoms with Crippen molar-refractivity contribution in [3.63, 3.8) is 0 Å². The number of nitrogens with zero attached hydrogens (tertiary/aromatic N) is 2. The summed E-state index contributed by atoms with van der Waals surface area (Å²) in [6, 6.07) is 0.388. The fraction of sp³-hybridized carbons (Fsp3) is 0.636. The molecule has 0 saturated carbocycles. The Kier molecular flexibility index (Phi) is 4.49. The molecule has 1 aromatic heterocycles. The lowest BCUT2D eigenvalue weighted by Gasteiger charge is -2.18. The van der Waals surface area contributed by atoms with Gasteiger partial charge in [-0.3, -0.25) is 0 Å². The lowest BCUT2D eigenvalue weighted by atomic mass is 10.1. The summed E-state index contributed by atoms with van der Waals surface area (Å²) in [5.74, 6) is 7.53. The standard InChI is InChI=1S/C11H21N5/c1-7(2)5-8(3)15-10-9(4)11(16-12)14-6-13-10/h6-8H,5,12H2,1-4H3,(H2,13,14,15,16). The molecule has 0 amide bonds. The molecule has 1 heterocycles. The first-order valence-corrected chi connectivity index (χ1v) is 5.59. The lowest BCUT2D eigenvalue weighted by Crippen LogP contribution is -2.20. The average Bonchev–Trinajstić information content (AvgIpc) is 2.20. The van der Waals surface area contributed by atoms with Gasteiger partial charge in [0.05, 0.1) is 0 Å². The Morgan fingerprint density at radius 1 is 1.25 bits per heavy atom. The highest BCUT2D eigenvalue weighted by atomic mass is 15.3. The predicted molar refractivity (Wildman–Crippen MR) is 67.1 cm³/mol. The van der Waals surface area contributed by atoms with Gasteiger partial charge in [0.15, 0.2) is 0 Å². The minimum absolute atomic E-state index is 0.388. The Morgan fingerprint density at radius 2 is 1.88 bits per heavy atom. The number of hydrogen-bond donors (Lipinski definition) is 3. The van der Waals surface area contributed by atoms with Gasteiger partial charge >= 0.3 is 0 Å². The highest BCUT2D eigenvalue weighted by Crippen LogP contribution is 2.19. The summed E-state index contributed by atoms with van der Waals surface area (Å²) in [5.41, 5.74) is 3.50. The quantitative estimate of drug-likeness (QED) is 0.525. The summed E-state index contributed by atoms with van der Waals surface area (Å²) in [6.45, 7) is 8.51. The second kappa shape index (κ2) is 5.65. The summed E-state index contributed by atoms with van der Waals surface area (Å²) < 4.78 is 0. The number of anilines is 2. The van der Waals surface area contributed by atoms with E-state index in [0.29, 0.717) is 17.8 Å². The normalized spacial score (nSPS) is 12.6. The highest BCUT2D eigenvalue weighted by molar-refractivity contribution is 5.56. The third-order valence-electron chi connectivity index (χ3n) is 2.43. The smallest absolute Gasteiger partial charge is 0.148 e. The number of aromatic nitrogens is 2. The monoisotopic (exact) mass is 223 g/mol. The number of nitrogens with two attached hydrogens (primary N) is 1. The van der Waals surface area contributed by atoms with Crippen molar-refractivity contribution in [3.05, 3.63) is 11.9 Å². The van der Waals surface area contributed by atoms with Crippen LogP contribution in [0.15, 0.2) is 6.33 Å². The lowest BCUT2D eigenvalue weighted by molar-refractivity contribution is 0.538. The van der Waals surface area contributed by atoms with E-state index in [1.807, 2.05) is 6.92 Å². The van der Waals surface area contributed by atoms with Crippen LogP contribution in [0.1, 0.15) is 32.8 Å². The Bertz CT molecular complexity index is 337. The molecule has 1 atom stereocenters. The Labute approximate surface area is 96.8 Å². The zero-order chi connectivity index (χ0) is 12.1. The van der Waals surface area contributed by atoms with E-state index in [4.69, 9.17) is 5.84 Å². The Balaban J connectivity index is 2.73. The predicted octanol–water partition coefficient (Wildman–Crippen LogP) is 1.92. The number of hydrogen-bond acceptors (Lipinski definition) is 5. The van der Waals surface area contributed by atoms with Crippen LogP contribution in [0.5, 0.6) is 0 Å². The molecular weight excluding hydrogens is 202 g/mol. The third kappa shape index (κ3) is 3.34. The third-order valence-corrected chi connectivity index (χ3v) is 2.43. The molecule has 4 N–H and O–H groups in total. The van der Waals surface area contributed by atoms with Crippen molar-refractivity contribution in [1.29, 1.82) is 0 Å². The maximum Gasteiger partial charge on any atom is 0.148 e. The fourth-order valence-electron chi connectivity index (χ4n) is 1.74. The maximum absolute atomic E-state index is 5.36. The first kappa shape index (κ1) is 12.7. The molecule has 0 spiro atoms. The van der Waals surface area contributed by atoms with Gasteiger partial charge in [-0.05, 0) is 26.2 Å². The van der Waals surface area contributed by atoms with E-state index in [2.05, 4.69) is 41.5 Å². The first-order chi connectivity index (χ1) is 7.54. The van der Waals surface area contributed by atoms with Gasteiger partial charge in [-0.2, -0.15) is 0 Å². The molecule has 5 nitrogen and oxygen atoms in total. The van der Waals surface area contributed by atoms with E-state index >= 15 is 0 Å². The molecule has 0 aliphatic carbocycles. The van der Waals surface area contributed by atoms with Crippen molar-refractivity contribution in [2.24, 2.45) is 11.8 Å². The minimum Gasteiger partial charge on any atom is -0.367 e. The number of nitrogen functional groups attached to an aromatic ring is 1. The molecule has 1 unspecified atom stereocenters. The molecule has 0 aromatic carbocycles. The van der Waals surface area contributed by atoms with Crippen molar-refractivity contribution < 1.29 is 0 Å². The van der Waals surface area contributed by atoms with Crippen LogP contribution < -0.4 is 16.6 Å². The van der Waals surface area contributed by atoms with Gasteiger partial charge in [0, 0.05) is 11.6 Å². The molecular formula is C11H21N5. The molecule has 1 rings (SSSR count). The van der Waals surface area contributed by atoms with Crippen molar-refractivity contribution in [3.8, 4) is 0 Å². The van der Waals surface area contributed by atoms with Crippen LogP contribution in [-0.4, -0.2) is 16.0 Å². The van der Waals surface area contributed by atoms with Crippen LogP contribution in [0.2, 0.25) is 0 Å². The van der Waals surface area contributed by atoms with E-state index in [1.54, 1.807) is 0 Å². The van der Waals surface area contributed by atoms with E-state index in [1.165, 1.54) is 6.33 Å². The van der Waals surface area contributed by atoms with Crippen LogP contribution in [0.3, 0.4) is 0 Å². The molecule has 0 aliphatic rings. The van der Waals surface area contributed by atoms with Crippen molar-refractivity contribution in [1.82, 2.24) is 9.97 Å². The zero-order valence-electron chi connectivity index (χ0n) is 10.4. The molecule has 5 heteroatoms. The van der Waals surface area contributed by atoms with Gasteiger partial charge in [-0.1, -0.05) is 13.8 Å². The van der Waals surface area contributed by atoms with Crippen LogP contribution in [0, 0.1) is 12.8 Å². The summed E-state index contributed by atoms with van der Waals surface area (Å²) in [7, 11) is 0. The summed E-state index contributed by atoms with van der Waals surface area (Å²) in [5, 5.41) is 3.37. The second-order valence-electron chi connectivity index (χ2n) is 4.52. The van der Waals surface area contributed by atoms with Gasteiger partial charge in [-0.15, -0.1) is 0 Å². The second-order valence-corrected chi connectivity index (χ2v) is 4.52. The SMILES string of the molecule is Cc1c(NN)ncnc1NC(C)CC(C)C. The topological polar surface area (TPSA) is 75.9 Å². The van der Waals surface area contributed by atoms with E-state index in [-0.39, 0.29) is 0 Å². The maximum atomic E-state index is 5.36. The summed E-state index contributed by atoms with van der Waals surface area (Å²) in [6.07, 6.45) is 2.61. The largest absolute Gasteiger partial charge is 0.367 e. The highest BCUT2D eigenvalue weighted by Gasteiger charge is 2.09. The van der Waals surface area contributed by atoms with Gasteiger partial charge in [0.2, 0.25) is 0 Å². The number of nitrogens with one attached hydrogen (secondary N) is 2. The first-order valence-electron chi connectivity index (χ1n) is 5.59. The molecule has 0 bridgehead atoms. The molecule has 0 fully saturated rings. The van der Waals surface area contributed by atoms with Crippen LogP contribution in [-0.2, 0) is 0 Å². The van der Waals surface area contributed by atoms with Crippen molar-refractivity contribution in [2.45, 2.75) is 40.2 Å². The molecule has 90 valence electrons. The van der Waals surface area contributed by atoms with E-state index in [9.17, 15) is 0 Å². The summed E-state index contributed by atoms with van der Waals surface area (Å²) >= 11 is 0. The van der Waals surface area contributed by atoms with Crippen LogP contribution in [0.25, 0.3) is 0 Å². The average molecular weight is 223 g/mol. The van der Waals surface area contributed by atoms with E-state index in [0.717, 1.165) is 17.8 Å². The fourth-order valence-corrected chi connectivity index (χ4v) is 1.74. The minimum atomic E-state index is 0.388.